The Hall–Kier alpha value is -1.66. The number of morpholine rings is 1. The first-order valence-electron chi connectivity index (χ1n) is 8.41. The van der Waals surface area contributed by atoms with Crippen molar-refractivity contribution in [2.75, 3.05) is 32.8 Å². The van der Waals surface area contributed by atoms with Crippen molar-refractivity contribution in [1.82, 2.24) is 14.8 Å². The fourth-order valence-electron chi connectivity index (χ4n) is 3.24. The molecule has 2 aliphatic heterocycles. The molecule has 0 spiro atoms. The lowest BCUT2D eigenvalue weighted by Gasteiger charge is -2.36. The maximum absolute atomic E-state index is 12.5. The predicted octanol–water partition coefficient (Wildman–Crippen LogP) is 1.54. The minimum absolute atomic E-state index is 0.00471. The second-order valence-corrected chi connectivity index (χ2v) is 6.65. The summed E-state index contributed by atoms with van der Waals surface area (Å²) < 4.78 is 5.59. The predicted molar refractivity (Wildman–Crippen MR) is 86.7 cm³/mol. The Balaban J connectivity index is 1.62. The third-order valence-corrected chi connectivity index (χ3v) is 4.71. The van der Waals surface area contributed by atoms with E-state index >= 15 is 0 Å². The van der Waals surface area contributed by atoms with Crippen LogP contribution in [0.3, 0.4) is 0 Å². The molecular formula is C17H25N3O3. The minimum atomic E-state index is -0.00471. The highest BCUT2D eigenvalue weighted by molar-refractivity contribution is 6.01. The number of Topliss-reactive ketones (excluding diaryl/α,β-unsaturated/α-hetero) is 1. The molecule has 2 saturated heterocycles. The third kappa shape index (κ3) is 3.64. The van der Waals surface area contributed by atoms with Crippen molar-refractivity contribution in [3.63, 3.8) is 0 Å². The van der Waals surface area contributed by atoms with Crippen LogP contribution in [-0.4, -0.2) is 71.4 Å². The number of ketones is 1. The van der Waals surface area contributed by atoms with E-state index in [9.17, 15) is 9.59 Å². The van der Waals surface area contributed by atoms with E-state index in [1.807, 2.05) is 11.8 Å². The summed E-state index contributed by atoms with van der Waals surface area (Å²) in [7, 11) is 0. The Bertz CT molecular complexity index is 577. The van der Waals surface area contributed by atoms with Crippen LogP contribution in [-0.2, 0) is 4.74 Å². The largest absolute Gasteiger partial charge is 0.376 e. The van der Waals surface area contributed by atoms with Crippen LogP contribution in [0.2, 0.25) is 0 Å². The zero-order valence-corrected chi connectivity index (χ0v) is 13.9. The molecule has 0 saturated carbocycles. The molecule has 0 aromatic carbocycles. The molecule has 6 nitrogen and oxygen atoms in total. The quantitative estimate of drug-likeness (QED) is 0.855. The smallest absolute Gasteiger partial charge is 0.270 e. The van der Waals surface area contributed by atoms with Crippen molar-refractivity contribution >= 4 is 11.7 Å². The summed E-state index contributed by atoms with van der Waals surface area (Å²) in [4.78, 5) is 31.8. The Morgan fingerprint density at radius 2 is 2.04 bits per heavy atom. The van der Waals surface area contributed by atoms with Gasteiger partial charge in [0, 0.05) is 37.4 Å². The van der Waals surface area contributed by atoms with Crippen molar-refractivity contribution < 1.29 is 14.3 Å². The van der Waals surface area contributed by atoms with Gasteiger partial charge in [-0.15, -0.1) is 0 Å². The van der Waals surface area contributed by atoms with Crippen LogP contribution in [0.4, 0.5) is 0 Å². The summed E-state index contributed by atoms with van der Waals surface area (Å²) in [5.41, 5.74) is 1.09. The van der Waals surface area contributed by atoms with Gasteiger partial charge in [0.1, 0.15) is 5.69 Å². The van der Waals surface area contributed by atoms with Crippen LogP contribution in [0.25, 0.3) is 0 Å². The minimum Gasteiger partial charge on any atom is -0.376 e. The number of aromatic amines is 1. The van der Waals surface area contributed by atoms with E-state index < -0.39 is 0 Å². The lowest BCUT2D eigenvalue weighted by Crippen LogP contribution is -2.49. The maximum Gasteiger partial charge on any atom is 0.270 e. The molecule has 3 heterocycles. The van der Waals surface area contributed by atoms with Gasteiger partial charge >= 0.3 is 0 Å². The number of carbonyl (C=O) groups is 2. The highest BCUT2D eigenvalue weighted by atomic mass is 16.5. The normalized spacial score (nSPS) is 25.7. The van der Waals surface area contributed by atoms with Crippen molar-refractivity contribution in [2.24, 2.45) is 0 Å². The van der Waals surface area contributed by atoms with Gasteiger partial charge in [0.2, 0.25) is 0 Å². The van der Waals surface area contributed by atoms with Crippen molar-refractivity contribution in [2.45, 2.75) is 38.8 Å². The van der Waals surface area contributed by atoms with Crippen LogP contribution in [0.15, 0.2) is 12.3 Å². The van der Waals surface area contributed by atoms with Gasteiger partial charge in [-0.05, 0) is 32.8 Å². The Labute approximate surface area is 136 Å². The summed E-state index contributed by atoms with van der Waals surface area (Å²) in [6.07, 6.45) is 3.93. The summed E-state index contributed by atoms with van der Waals surface area (Å²) in [6, 6.07) is 1.93. The van der Waals surface area contributed by atoms with Gasteiger partial charge in [-0.2, -0.15) is 0 Å². The Morgan fingerprint density at radius 1 is 1.30 bits per heavy atom. The van der Waals surface area contributed by atoms with E-state index in [1.165, 1.54) is 0 Å². The number of aromatic nitrogens is 1. The first-order chi connectivity index (χ1) is 11.0. The van der Waals surface area contributed by atoms with Gasteiger partial charge in [-0.3, -0.25) is 14.5 Å². The number of likely N-dealkylation sites (tertiary alicyclic amines) is 1. The molecule has 0 aliphatic carbocycles. The molecule has 1 N–H and O–H groups in total. The average molecular weight is 319 g/mol. The lowest BCUT2D eigenvalue weighted by atomic mass is 10.1. The molecule has 6 heteroatoms. The summed E-state index contributed by atoms with van der Waals surface area (Å²) in [6.45, 7) is 7.49. The van der Waals surface area contributed by atoms with Crippen molar-refractivity contribution in [1.29, 1.82) is 0 Å². The number of rotatable bonds is 4. The van der Waals surface area contributed by atoms with Crippen LogP contribution in [0, 0.1) is 0 Å². The first kappa shape index (κ1) is 16.2. The average Bonchev–Trinajstić information content (AvgIpc) is 3.21. The number of ether oxygens (including phenoxy) is 1. The SMILES string of the molecule is C[C@@H]1CN(CC(=O)c2c[nH]c(C(=O)N3CCCC3)c2)[C@H](C)CO1. The van der Waals surface area contributed by atoms with Crippen LogP contribution < -0.4 is 0 Å². The van der Waals surface area contributed by atoms with Gasteiger partial charge in [0.25, 0.3) is 5.91 Å². The van der Waals surface area contributed by atoms with Gasteiger partial charge < -0.3 is 14.6 Å². The van der Waals surface area contributed by atoms with E-state index in [2.05, 4.69) is 16.8 Å². The zero-order chi connectivity index (χ0) is 16.4. The Kier molecular flexibility index (Phi) is 4.82. The lowest BCUT2D eigenvalue weighted by molar-refractivity contribution is -0.0460. The number of nitrogens with zero attached hydrogens (tertiary/aromatic N) is 2. The number of H-pyrrole nitrogens is 1. The highest BCUT2D eigenvalue weighted by Gasteiger charge is 2.26. The zero-order valence-electron chi connectivity index (χ0n) is 13.9. The molecule has 2 aliphatic rings. The van der Waals surface area contributed by atoms with Crippen molar-refractivity contribution in [3.05, 3.63) is 23.5 Å². The molecule has 1 aromatic rings. The summed E-state index contributed by atoms with van der Waals surface area (Å²) in [5, 5.41) is 0. The maximum atomic E-state index is 12.5. The molecule has 1 aromatic heterocycles. The van der Waals surface area contributed by atoms with Crippen LogP contribution >= 0.6 is 0 Å². The molecule has 2 fully saturated rings. The molecule has 0 unspecified atom stereocenters. The second-order valence-electron chi connectivity index (χ2n) is 6.65. The van der Waals surface area contributed by atoms with E-state index in [0.29, 0.717) is 24.4 Å². The fraction of sp³-hybridized carbons (Fsp3) is 0.647. The summed E-state index contributed by atoms with van der Waals surface area (Å²) in [5.74, 6) is 0.0394. The molecule has 23 heavy (non-hydrogen) atoms. The highest BCUT2D eigenvalue weighted by Crippen LogP contribution is 2.15. The molecule has 2 atom stereocenters. The molecule has 0 radical (unpaired) electrons. The van der Waals surface area contributed by atoms with E-state index in [4.69, 9.17) is 4.74 Å². The molecule has 0 bridgehead atoms. The van der Waals surface area contributed by atoms with E-state index in [-0.39, 0.29) is 23.8 Å². The van der Waals surface area contributed by atoms with Gasteiger partial charge in [-0.1, -0.05) is 0 Å². The molecular weight excluding hydrogens is 294 g/mol. The van der Waals surface area contributed by atoms with Gasteiger partial charge in [0.15, 0.2) is 5.78 Å². The van der Waals surface area contributed by atoms with Gasteiger partial charge in [0.05, 0.1) is 19.3 Å². The number of hydrogen-bond acceptors (Lipinski definition) is 4. The van der Waals surface area contributed by atoms with E-state index in [1.54, 1.807) is 12.3 Å². The monoisotopic (exact) mass is 319 g/mol. The molecule has 1 amide bonds. The van der Waals surface area contributed by atoms with Crippen LogP contribution in [0.1, 0.15) is 47.5 Å². The van der Waals surface area contributed by atoms with Gasteiger partial charge in [-0.25, -0.2) is 0 Å². The number of hydrogen-bond donors (Lipinski definition) is 1. The topological polar surface area (TPSA) is 65.6 Å². The molecule has 126 valence electrons. The number of amides is 1. The standard InChI is InChI=1S/C17H25N3O3/c1-12-11-23-13(2)9-20(12)10-16(21)14-7-15(18-8-14)17(22)19-5-3-4-6-19/h7-8,12-13,18H,3-6,9-11H2,1-2H3/t12-,13-/m1/s1. The molecule has 3 rings (SSSR count). The van der Waals surface area contributed by atoms with Crippen molar-refractivity contribution in [3.8, 4) is 0 Å². The fourth-order valence-corrected chi connectivity index (χ4v) is 3.24. The summed E-state index contributed by atoms with van der Waals surface area (Å²) >= 11 is 0. The Morgan fingerprint density at radius 3 is 2.78 bits per heavy atom. The second kappa shape index (κ2) is 6.84. The number of carbonyl (C=O) groups excluding carboxylic acids is 2. The van der Waals surface area contributed by atoms with Crippen LogP contribution in [0.5, 0.6) is 0 Å². The third-order valence-electron chi connectivity index (χ3n) is 4.71. The van der Waals surface area contributed by atoms with E-state index in [0.717, 1.165) is 32.5 Å². The first-order valence-corrected chi connectivity index (χ1v) is 8.41. The number of nitrogens with one attached hydrogen (secondary N) is 1.